The maximum Gasteiger partial charge on any atom is 0.0897 e. The molecule has 0 aromatic heterocycles. The van der Waals surface area contributed by atoms with E-state index in [9.17, 15) is 4.39 Å². The quantitative estimate of drug-likeness (QED) is 0.662. The lowest BCUT2D eigenvalue weighted by atomic mass is 10.1. The molecule has 1 aromatic rings. The molecule has 11 heavy (non-hydrogen) atoms. The monoisotopic (exact) mass is 153 g/mol. The first-order valence-electron chi connectivity index (χ1n) is 3.73. The summed E-state index contributed by atoms with van der Waals surface area (Å²) in [5, 5.41) is 0. The van der Waals surface area contributed by atoms with Crippen LogP contribution in [0.1, 0.15) is 12.0 Å². The van der Waals surface area contributed by atoms with Gasteiger partial charge in [-0.2, -0.15) is 0 Å². The third-order valence-electron chi connectivity index (χ3n) is 1.58. The fraction of sp³-hybridized carbons (Fsp3) is 0.333. The van der Waals surface area contributed by atoms with Crippen LogP contribution in [0.3, 0.4) is 0 Å². The van der Waals surface area contributed by atoms with Crippen molar-refractivity contribution in [1.82, 2.24) is 0 Å². The topological polar surface area (TPSA) is 26.0 Å². The lowest BCUT2D eigenvalue weighted by Gasteiger charge is -1.98. The Kier molecular flexibility index (Phi) is 2.90. The first kappa shape index (κ1) is 8.05. The number of anilines is 1. The fourth-order valence-corrected chi connectivity index (χ4v) is 0.955. The van der Waals surface area contributed by atoms with E-state index in [0.29, 0.717) is 6.42 Å². The van der Waals surface area contributed by atoms with Crippen molar-refractivity contribution >= 4 is 5.69 Å². The van der Waals surface area contributed by atoms with Crippen LogP contribution in [-0.2, 0) is 6.42 Å². The van der Waals surface area contributed by atoms with Gasteiger partial charge >= 0.3 is 0 Å². The van der Waals surface area contributed by atoms with E-state index in [1.165, 1.54) is 0 Å². The Hall–Kier alpha value is -1.05. The fourth-order valence-electron chi connectivity index (χ4n) is 0.955. The van der Waals surface area contributed by atoms with Crippen molar-refractivity contribution in [2.75, 3.05) is 12.4 Å². The molecule has 0 heterocycles. The lowest BCUT2D eigenvalue weighted by molar-refractivity contribution is 0.473. The zero-order valence-corrected chi connectivity index (χ0v) is 6.39. The molecule has 0 saturated carbocycles. The van der Waals surface area contributed by atoms with Crippen LogP contribution in [0.25, 0.3) is 0 Å². The molecule has 0 aliphatic rings. The summed E-state index contributed by atoms with van der Waals surface area (Å²) >= 11 is 0. The molecular weight excluding hydrogens is 141 g/mol. The van der Waals surface area contributed by atoms with Gasteiger partial charge in [0.05, 0.1) is 6.67 Å². The summed E-state index contributed by atoms with van der Waals surface area (Å²) in [5.41, 5.74) is 7.39. The van der Waals surface area contributed by atoms with Gasteiger partial charge in [-0.1, -0.05) is 12.1 Å². The summed E-state index contributed by atoms with van der Waals surface area (Å²) in [6, 6.07) is 7.55. The summed E-state index contributed by atoms with van der Waals surface area (Å²) in [6.07, 6.45) is 1.40. The predicted octanol–water partition coefficient (Wildman–Crippen LogP) is 2.17. The zero-order valence-electron chi connectivity index (χ0n) is 6.39. The van der Waals surface area contributed by atoms with Gasteiger partial charge in [0.15, 0.2) is 0 Å². The van der Waals surface area contributed by atoms with Gasteiger partial charge in [-0.3, -0.25) is 4.39 Å². The van der Waals surface area contributed by atoms with Crippen LogP contribution in [-0.4, -0.2) is 6.67 Å². The molecule has 0 unspecified atom stereocenters. The van der Waals surface area contributed by atoms with Crippen molar-refractivity contribution < 1.29 is 4.39 Å². The maximum atomic E-state index is 11.7. The molecule has 60 valence electrons. The molecule has 1 nitrogen and oxygen atoms in total. The van der Waals surface area contributed by atoms with Gasteiger partial charge in [-0.05, 0) is 30.5 Å². The van der Waals surface area contributed by atoms with Crippen LogP contribution < -0.4 is 5.73 Å². The zero-order chi connectivity index (χ0) is 8.10. The third-order valence-corrected chi connectivity index (χ3v) is 1.58. The Morgan fingerprint density at radius 2 is 1.82 bits per heavy atom. The molecule has 0 atom stereocenters. The van der Waals surface area contributed by atoms with E-state index in [4.69, 9.17) is 5.73 Å². The largest absolute Gasteiger partial charge is 0.399 e. The normalized spacial score (nSPS) is 9.91. The first-order valence-corrected chi connectivity index (χ1v) is 3.73. The molecule has 0 saturated heterocycles. The van der Waals surface area contributed by atoms with E-state index in [2.05, 4.69) is 0 Å². The molecule has 1 aromatic carbocycles. The van der Waals surface area contributed by atoms with Crippen LogP contribution in [0, 0.1) is 0 Å². The van der Waals surface area contributed by atoms with E-state index in [0.717, 1.165) is 17.7 Å². The van der Waals surface area contributed by atoms with Gasteiger partial charge in [-0.25, -0.2) is 0 Å². The van der Waals surface area contributed by atoms with Gasteiger partial charge < -0.3 is 5.73 Å². The summed E-state index contributed by atoms with van der Waals surface area (Å²) in [7, 11) is 0. The highest BCUT2D eigenvalue weighted by atomic mass is 19.1. The van der Waals surface area contributed by atoms with Crippen molar-refractivity contribution in [2.45, 2.75) is 12.8 Å². The number of halogens is 1. The van der Waals surface area contributed by atoms with Crippen LogP contribution in [0.15, 0.2) is 24.3 Å². The molecule has 0 bridgehead atoms. The minimum atomic E-state index is -0.246. The summed E-state index contributed by atoms with van der Waals surface area (Å²) in [4.78, 5) is 0. The number of rotatable bonds is 3. The lowest BCUT2D eigenvalue weighted by Crippen LogP contribution is -1.88. The SMILES string of the molecule is Nc1ccc(CCCF)cc1. The van der Waals surface area contributed by atoms with Crippen LogP contribution in [0.4, 0.5) is 10.1 Å². The van der Waals surface area contributed by atoms with Gasteiger partial charge in [0.2, 0.25) is 0 Å². The van der Waals surface area contributed by atoms with Crippen molar-refractivity contribution in [1.29, 1.82) is 0 Å². The molecule has 0 spiro atoms. The van der Waals surface area contributed by atoms with Crippen LogP contribution in [0.2, 0.25) is 0 Å². The molecule has 0 amide bonds. The Balaban J connectivity index is 2.52. The van der Waals surface area contributed by atoms with Crippen molar-refractivity contribution in [3.63, 3.8) is 0 Å². The van der Waals surface area contributed by atoms with E-state index in [1.54, 1.807) is 0 Å². The Morgan fingerprint density at radius 3 is 2.36 bits per heavy atom. The third kappa shape index (κ3) is 2.58. The average Bonchev–Trinajstić information content (AvgIpc) is 2.04. The predicted molar refractivity (Wildman–Crippen MR) is 45.2 cm³/mol. The highest BCUT2D eigenvalue weighted by molar-refractivity contribution is 5.39. The van der Waals surface area contributed by atoms with Crippen molar-refractivity contribution in [3.8, 4) is 0 Å². The Labute approximate surface area is 66.0 Å². The first-order chi connectivity index (χ1) is 5.33. The van der Waals surface area contributed by atoms with E-state index in [-0.39, 0.29) is 6.67 Å². The number of nitrogen functional groups attached to an aromatic ring is 1. The van der Waals surface area contributed by atoms with Gasteiger partial charge in [0, 0.05) is 5.69 Å². The summed E-state index contributed by atoms with van der Waals surface area (Å²) in [6.45, 7) is -0.246. The maximum absolute atomic E-state index is 11.7. The standard InChI is InChI=1S/C9H12FN/c10-7-1-2-8-3-5-9(11)6-4-8/h3-6H,1-2,7,11H2. The van der Waals surface area contributed by atoms with Crippen molar-refractivity contribution in [3.05, 3.63) is 29.8 Å². The van der Waals surface area contributed by atoms with Crippen LogP contribution >= 0.6 is 0 Å². The minimum Gasteiger partial charge on any atom is -0.399 e. The second-order valence-electron chi connectivity index (χ2n) is 2.53. The van der Waals surface area contributed by atoms with Gasteiger partial charge in [0.1, 0.15) is 0 Å². The molecular formula is C9H12FN. The molecule has 0 aliphatic heterocycles. The average molecular weight is 153 g/mol. The van der Waals surface area contributed by atoms with Crippen LogP contribution in [0.5, 0.6) is 0 Å². The van der Waals surface area contributed by atoms with E-state index < -0.39 is 0 Å². The van der Waals surface area contributed by atoms with Crippen molar-refractivity contribution in [2.24, 2.45) is 0 Å². The number of hydrogen-bond donors (Lipinski definition) is 1. The smallest absolute Gasteiger partial charge is 0.0897 e. The second-order valence-corrected chi connectivity index (χ2v) is 2.53. The second kappa shape index (κ2) is 3.96. The highest BCUT2D eigenvalue weighted by Crippen LogP contribution is 2.07. The van der Waals surface area contributed by atoms with Gasteiger partial charge in [-0.15, -0.1) is 0 Å². The number of alkyl halides is 1. The molecule has 0 aliphatic carbocycles. The Morgan fingerprint density at radius 1 is 1.18 bits per heavy atom. The molecule has 1 rings (SSSR count). The Bertz CT molecular complexity index is 205. The molecule has 2 heteroatoms. The number of nitrogens with two attached hydrogens (primary N) is 1. The van der Waals surface area contributed by atoms with E-state index in [1.807, 2.05) is 24.3 Å². The molecule has 0 radical (unpaired) electrons. The summed E-state index contributed by atoms with van der Waals surface area (Å²) in [5.74, 6) is 0. The number of benzene rings is 1. The summed E-state index contributed by atoms with van der Waals surface area (Å²) < 4.78 is 11.7. The minimum absolute atomic E-state index is 0.246. The number of hydrogen-bond acceptors (Lipinski definition) is 1. The highest BCUT2D eigenvalue weighted by Gasteiger charge is 1.91. The number of aryl methyl sites for hydroxylation is 1. The molecule has 0 fully saturated rings. The van der Waals surface area contributed by atoms with E-state index >= 15 is 0 Å². The van der Waals surface area contributed by atoms with Gasteiger partial charge in [0.25, 0.3) is 0 Å². The molecule has 2 N–H and O–H groups in total.